The standard InChI is InChI=1S/C15H19F2NO/c16-13-5-1-3-11(14(13)17)9-15(19)6-8-18-7-2-4-12(18)10-15/h1,3,5,12,19H,2,4,6-10H2. The van der Waals surface area contributed by atoms with Crippen LogP contribution in [0.2, 0.25) is 0 Å². The minimum absolute atomic E-state index is 0.209. The Balaban J connectivity index is 1.76. The smallest absolute Gasteiger partial charge is 0.162 e. The molecule has 4 heteroatoms. The largest absolute Gasteiger partial charge is 0.389 e. The quantitative estimate of drug-likeness (QED) is 0.890. The van der Waals surface area contributed by atoms with E-state index in [0.29, 0.717) is 18.9 Å². The van der Waals surface area contributed by atoms with Gasteiger partial charge in [-0.3, -0.25) is 0 Å². The first-order chi connectivity index (χ1) is 9.07. The molecule has 3 rings (SSSR count). The molecular weight excluding hydrogens is 248 g/mol. The molecule has 2 saturated heterocycles. The number of aliphatic hydroxyl groups is 1. The topological polar surface area (TPSA) is 23.5 Å². The van der Waals surface area contributed by atoms with Gasteiger partial charge in [-0.05, 0) is 43.9 Å². The molecule has 0 radical (unpaired) electrons. The predicted octanol–water partition coefficient (Wildman–Crippen LogP) is 2.50. The zero-order valence-corrected chi connectivity index (χ0v) is 10.9. The number of hydrogen-bond donors (Lipinski definition) is 1. The van der Waals surface area contributed by atoms with Crippen molar-refractivity contribution >= 4 is 0 Å². The minimum atomic E-state index is -0.889. The maximum Gasteiger partial charge on any atom is 0.162 e. The summed E-state index contributed by atoms with van der Waals surface area (Å²) < 4.78 is 26.9. The van der Waals surface area contributed by atoms with Gasteiger partial charge in [0.1, 0.15) is 0 Å². The van der Waals surface area contributed by atoms with E-state index in [0.717, 1.165) is 25.6 Å². The molecule has 1 aromatic rings. The summed E-state index contributed by atoms with van der Waals surface area (Å²) in [6, 6.07) is 4.59. The summed E-state index contributed by atoms with van der Waals surface area (Å²) in [6.45, 7) is 1.97. The van der Waals surface area contributed by atoms with Crippen LogP contribution in [0.3, 0.4) is 0 Å². The van der Waals surface area contributed by atoms with Crippen LogP contribution in [0.15, 0.2) is 18.2 Å². The molecule has 2 nitrogen and oxygen atoms in total. The minimum Gasteiger partial charge on any atom is -0.389 e. The van der Waals surface area contributed by atoms with Crippen molar-refractivity contribution in [3.63, 3.8) is 0 Å². The molecule has 2 heterocycles. The Labute approximate surface area is 112 Å². The van der Waals surface area contributed by atoms with E-state index < -0.39 is 17.2 Å². The molecule has 2 atom stereocenters. The van der Waals surface area contributed by atoms with Crippen molar-refractivity contribution in [3.05, 3.63) is 35.4 Å². The van der Waals surface area contributed by atoms with Crippen LogP contribution in [0.1, 0.15) is 31.2 Å². The van der Waals surface area contributed by atoms with Crippen LogP contribution in [-0.2, 0) is 6.42 Å². The predicted molar refractivity (Wildman–Crippen MR) is 68.8 cm³/mol. The normalized spacial score (nSPS) is 31.4. The van der Waals surface area contributed by atoms with Gasteiger partial charge in [-0.25, -0.2) is 8.78 Å². The monoisotopic (exact) mass is 267 g/mol. The molecule has 19 heavy (non-hydrogen) atoms. The number of fused-ring (bicyclic) bond motifs is 1. The molecule has 0 aliphatic carbocycles. The number of hydrogen-bond acceptors (Lipinski definition) is 2. The van der Waals surface area contributed by atoms with Crippen molar-refractivity contribution in [2.45, 2.75) is 43.7 Å². The molecule has 2 aliphatic rings. The second kappa shape index (κ2) is 4.84. The van der Waals surface area contributed by atoms with E-state index in [2.05, 4.69) is 4.90 Å². The number of piperidine rings is 1. The second-order valence-electron chi connectivity index (χ2n) is 5.90. The number of nitrogens with zero attached hydrogens (tertiary/aromatic N) is 1. The first-order valence-corrected chi connectivity index (χ1v) is 6.97. The Bertz CT molecular complexity index is 479. The molecule has 2 aliphatic heterocycles. The van der Waals surface area contributed by atoms with Crippen LogP contribution in [0, 0.1) is 11.6 Å². The summed E-state index contributed by atoms with van der Waals surface area (Å²) in [6.07, 6.45) is 3.80. The number of benzene rings is 1. The molecule has 2 unspecified atom stereocenters. The first kappa shape index (κ1) is 13.0. The molecule has 104 valence electrons. The van der Waals surface area contributed by atoms with E-state index in [1.165, 1.54) is 12.5 Å². The second-order valence-corrected chi connectivity index (χ2v) is 5.90. The highest BCUT2D eigenvalue weighted by Crippen LogP contribution is 2.35. The van der Waals surface area contributed by atoms with Gasteiger partial charge in [-0.1, -0.05) is 12.1 Å². The lowest BCUT2D eigenvalue weighted by atomic mass is 9.82. The summed E-state index contributed by atoms with van der Waals surface area (Å²) in [7, 11) is 0. The van der Waals surface area contributed by atoms with Crippen LogP contribution in [0.4, 0.5) is 8.78 Å². The van der Waals surface area contributed by atoms with Gasteiger partial charge in [-0.2, -0.15) is 0 Å². The Kier molecular flexibility index (Phi) is 3.31. The fourth-order valence-corrected chi connectivity index (χ4v) is 3.51. The van der Waals surface area contributed by atoms with Crippen molar-refractivity contribution in [1.29, 1.82) is 0 Å². The van der Waals surface area contributed by atoms with Crippen LogP contribution in [-0.4, -0.2) is 34.7 Å². The van der Waals surface area contributed by atoms with E-state index in [1.807, 2.05) is 0 Å². The maximum absolute atomic E-state index is 13.7. The molecule has 1 N–H and O–H groups in total. The van der Waals surface area contributed by atoms with Gasteiger partial charge in [0, 0.05) is 19.0 Å². The van der Waals surface area contributed by atoms with E-state index >= 15 is 0 Å². The lowest BCUT2D eigenvalue weighted by Crippen LogP contribution is -2.48. The van der Waals surface area contributed by atoms with Gasteiger partial charge in [0.05, 0.1) is 5.60 Å². The van der Waals surface area contributed by atoms with Gasteiger partial charge in [0.2, 0.25) is 0 Å². The zero-order valence-electron chi connectivity index (χ0n) is 10.9. The van der Waals surface area contributed by atoms with E-state index in [-0.39, 0.29) is 12.0 Å². The average molecular weight is 267 g/mol. The molecule has 0 amide bonds. The van der Waals surface area contributed by atoms with Crippen molar-refractivity contribution in [2.75, 3.05) is 13.1 Å². The highest BCUT2D eigenvalue weighted by Gasteiger charge is 2.40. The van der Waals surface area contributed by atoms with Gasteiger partial charge < -0.3 is 10.0 Å². The molecular formula is C15H19F2NO. The number of halogens is 2. The fraction of sp³-hybridized carbons (Fsp3) is 0.600. The lowest BCUT2D eigenvalue weighted by molar-refractivity contribution is -0.0359. The van der Waals surface area contributed by atoms with Crippen LogP contribution in [0.5, 0.6) is 0 Å². The molecule has 0 aromatic heterocycles. The SMILES string of the molecule is OC1(Cc2cccc(F)c2F)CCN2CCCC2C1. The summed E-state index contributed by atoms with van der Waals surface area (Å²) in [5.41, 5.74) is -0.603. The lowest BCUT2D eigenvalue weighted by Gasteiger charge is -2.41. The zero-order chi connectivity index (χ0) is 13.5. The van der Waals surface area contributed by atoms with E-state index in [9.17, 15) is 13.9 Å². The van der Waals surface area contributed by atoms with Crippen LogP contribution >= 0.6 is 0 Å². The third-order valence-electron chi connectivity index (χ3n) is 4.53. The van der Waals surface area contributed by atoms with Crippen LogP contribution < -0.4 is 0 Å². The van der Waals surface area contributed by atoms with Gasteiger partial charge in [0.25, 0.3) is 0 Å². The number of rotatable bonds is 2. The third-order valence-corrected chi connectivity index (χ3v) is 4.53. The third kappa shape index (κ3) is 2.51. The first-order valence-electron chi connectivity index (χ1n) is 6.97. The fourth-order valence-electron chi connectivity index (χ4n) is 3.51. The van der Waals surface area contributed by atoms with Crippen molar-refractivity contribution in [2.24, 2.45) is 0 Å². The van der Waals surface area contributed by atoms with Gasteiger partial charge >= 0.3 is 0 Å². The summed E-state index contributed by atoms with van der Waals surface area (Å²) in [5.74, 6) is -1.65. The Morgan fingerprint density at radius 2 is 2.16 bits per heavy atom. The van der Waals surface area contributed by atoms with E-state index in [4.69, 9.17) is 0 Å². The molecule has 0 spiro atoms. The highest BCUT2D eigenvalue weighted by molar-refractivity contribution is 5.21. The summed E-state index contributed by atoms with van der Waals surface area (Å²) in [5, 5.41) is 10.7. The molecule has 2 fully saturated rings. The van der Waals surface area contributed by atoms with Crippen molar-refractivity contribution in [3.8, 4) is 0 Å². The van der Waals surface area contributed by atoms with E-state index in [1.54, 1.807) is 6.07 Å². The van der Waals surface area contributed by atoms with Gasteiger partial charge in [-0.15, -0.1) is 0 Å². The highest BCUT2D eigenvalue weighted by atomic mass is 19.2. The Hall–Kier alpha value is -1.00. The average Bonchev–Trinajstić information content (AvgIpc) is 2.82. The Morgan fingerprint density at radius 3 is 3.00 bits per heavy atom. The summed E-state index contributed by atoms with van der Waals surface area (Å²) in [4.78, 5) is 2.40. The Morgan fingerprint density at radius 1 is 1.32 bits per heavy atom. The van der Waals surface area contributed by atoms with Crippen molar-refractivity contribution in [1.82, 2.24) is 4.90 Å². The van der Waals surface area contributed by atoms with Crippen molar-refractivity contribution < 1.29 is 13.9 Å². The maximum atomic E-state index is 13.7. The molecule has 0 saturated carbocycles. The molecule has 0 bridgehead atoms. The van der Waals surface area contributed by atoms with Crippen LogP contribution in [0.25, 0.3) is 0 Å². The summed E-state index contributed by atoms with van der Waals surface area (Å²) >= 11 is 0. The van der Waals surface area contributed by atoms with Gasteiger partial charge in [0.15, 0.2) is 11.6 Å². The molecule has 1 aromatic carbocycles.